The zero-order chi connectivity index (χ0) is 23.0. The Hall–Kier alpha value is -0.260. The standard InChI is InChI=1S/C24H40F2O3.C2H6/c1-22-10-9-17(28)12-16(22)4-6-18-19-7-5-15(8-11-24(25,26)14-27)23(19,2)13-20(29-3)21(18)22;1-2/h15-21,27-28H,4-14H2,1-3H3;1-2H3. The van der Waals surface area contributed by atoms with Crippen LogP contribution in [0.25, 0.3) is 0 Å². The van der Waals surface area contributed by atoms with Crippen LogP contribution < -0.4 is 0 Å². The summed E-state index contributed by atoms with van der Waals surface area (Å²) in [6, 6.07) is 0. The smallest absolute Gasteiger partial charge is 0.270 e. The molecule has 0 heterocycles. The van der Waals surface area contributed by atoms with Crippen LogP contribution in [0.15, 0.2) is 0 Å². The van der Waals surface area contributed by atoms with Gasteiger partial charge in [-0.05, 0) is 98.2 Å². The molecule has 0 aromatic heterocycles. The lowest BCUT2D eigenvalue weighted by Gasteiger charge is -2.63. The maximum atomic E-state index is 13.7. The molecular weight excluding hydrogens is 398 g/mol. The summed E-state index contributed by atoms with van der Waals surface area (Å²) < 4.78 is 33.6. The fourth-order valence-electron chi connectivity index (χ4n) is 8.59. The monoisotopic (exact) mass is 444 g/mol. The van der Waals surface area contributed by atoms with Gasteiger partial charge < -0.3 is 14.9 Å². The summed E-state index contributed by atoms with van der Waals surface area (Å²) in [4.78, 5) is 0. The highest BCUT2D eigenvalue weighted by atomic mass is 19.3. The molecule has 9 atom stereocenters. The SMILES string of the molecule is CC.COC1CC2(C)C(CCC(F)(F)CO)CCC2C2CCC3CC(O)CCC3(C)C12. The number of ether oxygens (including phenoxy) is 1. The molecule has 9 unspecified atom stereocenters. The van der Waals surface area contributed by atoms with Gasteiger partial charge in [-0.15, -0.1) is 0 Å². The Labute approximate surface area is 188 Å². The van der Waals surface area contributed by atoms with E-state index < -0.39 is 12.5 Å². The predicted molar refractivity (Wildman–Crippen MR) is 120 cm³/mol. The van der Waals surface area contributed by atoms with Gasteiger partial charge in [0.2, 0.25) is 0 Å². The second-order valence-corrected chi connectivity index (χ2v) is 11.3. The highest BCUT2D eigenvalue weighted by Crippen LogP contribution is 2.68. The lowest BCUT2D eigenvalue weighted by Crippen LogP contribution is -2.59. The van der Waals surface area contributed by atoms with E-state index in [1.807, 2.05) is 21.0 Å². The number of rotatable bonds is 5. The van der Waals surface area contributed by atoms with Gasteiger partial charge >= 0.3 is 0 Å². The second-order valence-electron chi connectivity index (χ2n) is 11.3. The van der Waals surface area contributed by atoms with Crippen molar-refractivity contribution in [2.24, 2.45) is 40.4 Å². The zero-order valence-corrected chi connectivity index (χ0v) is 20.4. The van der Waals surface area contributed by atoms with Gasteiger partial charge in [0.05, 0.1) is 12.2 Å². The Morgan fingerprint density at radius 3 is 2.39 bits per heavy atom. The van der Waals surface area contributed by atoms with Crippen molar-refractivity contribution in [3.8, 4) is 0 Å². The fourth-order valence-corrected chi connectivity index (χ4v) is 8.59. The minimum absolute atomic E-state index is 0.0603. The zero-order valence-electron chi connectivity index (χ0n) is 20.4. The maximum Gasteiger partial charge on any atom is 0.270 e. The van der Waals surface area contributed by atoms with Crippen molar-refractivity contribution in [2.75, 3.05) is 13.7 Å². The van der Waals surface area contributed by atoms with E-state index in [4.69, 9.17) is 9.84 Å². The van der Waals surface area contributed by atoms with Crippen LogP contribution in [0.3, 0.4) is 0 Å². The quantitative estimate of drug-likeness (QED) is 0.541. The average molecular weight is 445 g/mol. The average Bonchev–Trinajstić information content (AvgIpc) is 3.09. The van der Waals surface area contributed by atoms with Crippen LogP contribution in [-0.2, 0) is 4.74 Å². The number of halogens is 2. The number of methoxy groups -OCH3 is 1. The van der Waals surface area contributed by atoms with Crippen LogP contribution in [0.5, 0.6) is 0 Å². The molecule has 0 aromatic rings. The van der Waals surface area contributed by atoms with Crippen molar-refractivity contribution in [3.63, 3.8) is 0 Å². The van der Waals surface area contributed by atoms with Crippen molar-refractivity contribution in [1.29, 1.82) is 0 Å². The molecule has 0 aliphatic heterocycles. The molecule has 0 saturated heterocycles. The van der Waals surface area contributed by atoms with Crippen molar-refractivity contribution >= 4 is 0 Å². The van der Waals surface area contributed by atoms with Crippen molar-refractivity contribution in [2.45, 2.75) is 110 Å². The summed E-state index contributed by atoms with van der Waals surface area (Å²) in [6.45, 7) is 7.74. The van der Waals surface area contributed by atoms with Gasteiger partial charge in [-0.3, -0.25) is 0 Å². The molecule has 182 valence electrons. The van der Waals surface area contributed by atoms with Crippen molar-refractivity contribution in [3.05, 3.63) is 0 Å². The molecule has 5 heteroatoms. The second kappa shape index (κ2) is 9.54. The first-order valence-corrected chi connectivity index (χ1v) is 12.8. The first kappa shape index (κ1) is 25.4. The Morgan fingerprint density at radius 2 is 1.74 bits per heavy atom. The molecule has 4 rings (SSSR count). The molecule has 4 aliphatic carbocycles. The largest absolute Gasteiger partial charge is 0.393 e. The molecule has 2 N–H and O–H groups in total. The van der Waals surface area contributed by atoms with Gasteiger partial charge in [0.15, 0.2) is 0 Å². The molecular formula is C26H46F2O3. The number of alkyl halides is 2. The van der Waals surface area contributed by atoms with E-state index in [1.54, 1.807) is 0 Å². The van der Waals surface area contributed by atoms with Crippen LogP contribution in [0, 0.1) is 40.4 Å². The number of fused-ring (bicyclic) bond motifs is 5. The topological polar surface area (TPSA) is 49.7 Å². The predicted octanol–water partition coefficient (Wildman–Crippen LogP) is 6.07. The Kier molecular flexibility index (Phi) is 7.81. The molecule has 4 saturated carbocycles. The van der Waals surface area contributed by atoms with E-state index >= 15 is 0 Å². The van der Waals surface area contributed by atoms with E-state index in [0.717, 1.165) is 38.5 Å². The minimum Gasteiger partial charge on any atom is -0.393 e. The maximum absolute atomic E-state index is 13.7. The summed E-state index contributed by atoms with van der Waals surface area (Å²) in [5, 5.41) is 19.2. The first-order valence-electron chi connectivity index (χ1n) is 12.8. The van der Waals surface area contributed by atoms with Crippen LogP contribution >= 0.6 is 0 Å². The van der Waals surface area contributed by atoms with Crippen LogP contribution in [0.4, 0.5) is 8.78 Å². The third-order valence-electron chi connectivity index (χ3n) is 10.1. The Morgan fingerprint density at radius 1 is 1.03 bits per heavy atom. The van der Waals surface area contributed by atoms with Gasteiger partial charge in [0.25, 0.3) is 5.92 Å². The van der Waals surface area contributed by atoms with Gasteiger partial charge in [-0.25, -0.2) is 8.78 Å². The van der Waals surface area contributed by atoms with Crippen molar-refractivity contribution in [1.82, 2.24) is 0 Å². The van der Waals surface area contributed by atoms with Gasteiger partial charge in [0, 0.05) is 13.5 Å². The number of hydrogen-bond acceptors (Lipinski definition) is 3. The first-order chi connectivity index (χ1) is 14.6. The molecule has 0 spiro atoms. The van der Waals surface area contributed by atoms with Gasteiger partial charge in [0.1, 0.15) is 6.61 Å². The third-order valence-corrected chi connectivity index (χ3v) is 10.1. The molecule has 0 aromatic carbocycles. The van der Waals surface area contributed by atoms with E-state index in [0.29, 0.717) is 36.0 Å². The summed E-state index contributed by atoms with van der Waals surface area (Å²) in [7, 11) is 1.83. The molecule has 0 radical (unpaired) electrons. The van der Waals surface area contributed by atoms with Crippen molar-refractivity contribution < 1.29 is 23.7 Å². The van der Waals surface area contributed by atoms with Crippen LogP contribution in [-0.4, -0.2) is 42.1 Å². The number of aliphatic hydroxyl groups is 2. The van der Waals surface area contributed by atoms with E-state index in [9.17, 15) is 13.9 Å². The molecule has 0 amide bonds. The molecule has 4 aliphatic rings. The molecule has 4 fully saturated rings. The van der Waals surface area contributed by atoms with Gasteiger partial charge in [-0.2, -0.15) is 0 Å². The number of hydrogen-bond donors (Lipinski definition) is 2. The van der Waals surface area contributed by atoms with E-state index in [-0.39, 0.29) is 29.5 Å². The van der Waals surface area contributed by atoms with E-state index in [2.05, 4.69) is 13.8 Å². The number of aliphatic hydroxyl groups excluding tert-OH is 2. The molecule has 0 bridgehead atoms. The normalized spacial score (nSPS) is 46.9. The summed E-state index contributed by atoms with van der Waals surface area (Å²) in [5.41, 5.74) is 0.289. The fraction of sp³-hybridized carbons (Fsp3) is 1.00. The summed E-state index contributed by atoms with van der Waals surface area (Å²) in [6.07, 6.45) is 8.75. The lowest BCUT2D eigenvalue weighted by molar-refractivity contribution is -0.186. The third kappa shape index (κ3) is 4.45. The summed E-state index contributed by atoms with van der Waals surface area (Å²) in [5.74, 6) is -0.359. The molecule has 3 nitrogen and oxygen atoms in total. The molecule has 31 heavy (non-hydrogen) atoms. The van der Waals surface area contributed by atoms with Crippen LogP contribution in [0.2, 0.25) is 0 Å². The Bertz CT molecular complexity index is 599. The summed E-state index contributed by atoms with van der Waals surface area (Å²) >= 11 is 0. The highest BCUT2D eigenvalue weighted by molar-refractivity contribution is 5.12. The van der Waals surface area contributed by atoms with Crippen LogP contribution in [0.1, 0.15) is 91.9 Å². The van der Waals surface area contributed by atoms with Gasteiger partial charge in [-0.1, -0.05) is 27.7 Å². The highest BCUT2D eigenvalue weighted by Gasteiger charge is 2.63. The minimum atomic E-state index is -2.96. The van der Waals surface area contributed by atoms with E-state index in [1.165, 1.54) is 12.8 Å². The lowest BCUT2D eigenvalue weighted by atomic mass is 9.43. The Balaban J connectivity index is 0.00000132.